The van der Waals surface area contributed by atoms with Crippen molar-refractivity contribution in [2.24, 2.45) is 0 Å². The molecule has 0 aliphatic heterocycles. The molecule has 3 rings (SSSR count). The van der Waals surface area contributed by atoms with E-state index in [1.165, 1.54) is 6.07 Å². The van der Waals surface area contributed by atoms with Gasteiger partial charge in [-0.25, -0.2) is 4.39 Å². The summed E-state index contributed by atoms with van der Waals surface area (Å²) in [6, 6.07) is 21.7. The van der Waals surface area contributed by atoms with Crippen LogP contribution in [-0.2, 0) is 11.3 Å². The normalized spacial score (nSPS) is 12.0. The highest BCUT2D eigenvalue weighted by Gasteiger charge is 2.26. The molecule has 0 aromatic heterocycles. The van der Waals surface area contributed by atoms with Crippen LogP contribution in [0.25, 0.3) is 0 Å². The number of carbonyl (C=O) groups excluding carboxylic acids is 1. The number of anilines is 1. The van der Waals surface area contributed by atoms with E-state index in [0.29, 0.717) is 12.1 Å². The summed E-state index contributed by atoms with van der Waals surface area (Å²) >= 11 is 0. The van der Waals surface area contributed by atoms with Crippen LogP contribution in [0.1, 0.15) is 28.3 Å². The Hall–Kier alpha value is -2.98. The van der Waals surface area contributed by atoms with E-state index in [2.05, 4.69) is 5.32 Å². The maximum atomic E-state index is 14.1. The summed E-state index contributed by atoms with van der Waals surface area (Å²) in [7, 11) is 1.84. The van der Waals surface area contributed by atoms with E-state index in [4.69, 9.17) is 0 Å². The maximum absolute atomic E-state index is 14.1. The number of amides is 1. The number of halogens is 1. The molecule has 144 valence electrons. The van der Waals surface area contributed by atoms with Crippen LogP contribution >= 0.6 is 0 Å². The van der Waals surface area contributed by atoms with E-state index < -0.39 is 6.04 Å². The number of carbonyl (C=O) groups is 1. The third kappa shape index (κ3) is 4.65. The zero-order valence-corrected chi connectivity index (χ0v) is 16.4. The monoisotopic (exact) mass is 376 g/mol. The maximum Gasteiger partial charge on any atom is 0.246 e. The Morgan fingerprint density at radius 1 is 1.00 bits per heavy atom. The van der Waals surface area contributed by atoms with Gasteiger partial charge in [-0.05, 0) is 49.7 Å². The van der Waals surface area contributed by atoms with Gasteiger partial charge in [0.05, 0.1) is 0 Å². The standard InChI is InChI=1S/C24H25FN2O/c1-17-13-14-18(2)22(15-17)26-24(28)23(19-9-5-4-6-10-19)27(3)16-20-11-7-8-12-21(20)25/h4-15,23H,16H2,1-3H3,(H,26,28). The van der Waals surface area contributed by atoms with Crippen LogP contribution in [-0.4, -0.2) is 17.9 Å². The lowest BCUT2D eigenvalue weighted by Crippen LogP contribution is -2.34. The first-order valence-electron chi connectivity index (χ1n) is 9.32. The molecule has 0 saturated carbocycles. The van der Waals surface area contributed by atoms with Gasteiger partial charge >= 0.3 is 0 Å². The van der Waals surface area contributed by atoms with Crippen molar-refractivity contribution in [2.75, 3.05) is 12.4 Å². The number of nitrogens with zero attached hydrogens (tertiary/aromatic N) is 1. The zero-order chi connectivity index (χ0) is 20.1. The van der Waals surface area contributed by atoms with Gasteiger partial charge in [0.25, 0.3) is 0 Å². The third-order valence-corrected chi connectivity index (χ3v) is 4.83. The quantitative estimate of drug-likeness (QED) is 0.637. The van der Waals surface area contributed by atoms with Gasteiger partial charge in [-0.2, -0.15) is 0 Å². The van der Waals surface area contributed by atoms with Crippen LogP contribution in [0.5, 0.6) is 0 Å². The summed E-state index contributed by atoms with van der Waals surface area (Å²) in [5.41, 5.74) is 4.30. The second kappa shape index (κ2) is 8.81. The number of likely N-dealkylation sites (N-methyl/N-ethyl adjacent to an activating group) is 1. The van der Waals surface area contributed by atoms with Crippen LogP contribution < -0.4 is 5.32 Å². The van der Waals surface area contributed by atoms with Crippen molar-refractivity contribution in [3.05, 3.63) is 101 Å². The second-order valence-electron chi connectivity index (χ2n) is 7.13. The molecular formula is C24H25FN2O. The molecule has 3 nitrogen and oxygen atoms in total. The van der Waals surface area contributed by atoms with E-state index in [9.17, 15) is 9.18 Å². The van der Waals surface area contributed by atoms with Gasteiger partial charge in [-0.1, -0.05) is 60.7 Å². The van der Waals surface area contributed by atoms with Gasteiger partial charge in [0.1, 0.15) is 11.9 Å². The molecule has 3 aromatic rings. The lowest BCUT2D eigenvalue weighted by Gasteiger charge is -2.28. The molecule has 3 aromatic carbocycles. The van der Waals surface area contributed by atoms with Gasteiger partial charge in [0.2, 0.25) is 5.91 Å². The average molecular weight is 376 g/mol. The lowest BCUT2D eigenvalue weighted by molar-refractivity contribution is -0.121. The van der Waals surface area contributed by atoms with Crippen LogP contribution in [0.2, 0.25) is 0 Å². The topological polar surface area (TPSA) is 32.3 Å². The number of rotatable bonds is 6. The Kier molecular flexibility index (Phi) is 6.22. The van der Waals surface area contributed by atoms with E-state index in [-0.39, 0.29) is 11.7 Å². The van der Waals surface area contributed by atoms with Gasteiger partial charge in [-0.3, -0.25) is 9.69 Å². The highest BCUT2D eigenvalue weighted by Crippen LogP contribution is 2.25. The summed E-state index contributed by atoms with van der Waals surface area (Å²) in [5, 5.41) is 3.06. The number of aryl methyl sites for hydroxylation is 2. The van der Waals surface area contributed by atoms with Gasteiger partial charge in [0.15, 0.2) is 0 Å². The van der Waals surface area contributed by atoms with Gasteiger partial charge in [0, 0.05) is 17.8 Å². The SMILES string of the molecule is Cc1ccc(C)c(NC(=O)C(c2ccccc2)N(C)Cc2ccccc2F)c1. The van der Waals surface area contributed by atoms with Crippen molar-refractivity contribution in [3.8, 4) is 0 Å². The molecule has 0 bridgehead atoms. The Bertz CT molecular complexity index is 956. The van der Waals surface area contributed by atoms with Crippen molar-refractivity contribution < 1.29 is 9.18 Å². The molecule has 0 aliphatic carbocycles. The van der Waals surface area contributed by atoms with Crippen molar-refractivity contribution in [1.82, 2.24) is 4.90 Å². The Morgan fingerprint density at radius 3 is 2.39 bits per heavy atom. The van der Waals surface area contributed by atoms with E-state index in [1.807, 2.05) is 74.3 Å². The Morgan fingerprint density at radius 2 is 1.68 bits per heavy atom. The highest BCUT2D eigenvalue weighted by molar-refractivity contribution is 5.96. The minimum absolute atomic E-state index is 0.140. The molecule has 0 spiro atoms. The van der Waals surface area contributed by atoms with Crippen molar-refractivity contribution in [1.29, 1.82) is 0 Å². The van der Waals surface area contributed by atoms with Crippen molar-refractivity contribution >= 4 is 11.6 Å². The Labute approximate surface area is 165 Å². The minimum atomic E-state index is -0.541. The molecule has 1 unspecified atom stereocenters. The average Bonchev–Trinajstić information content (AvgIpc) is 2.67. The molecular weight excluding hydrogens is 351 g/mol. The lowest BCUT2D eigenvalue weighted by atomic mass is 10.0. The zero-order valence-electron chi connectivity index (χ0n) is 16.4. The summed E-state index contributed by atoms with van der Waals surface area (Å²) in [6.45, 7) is 4.29. The Balaban J connectivity index is 1.89. The summed E-state index contributed by atoms with van der Waals surface area (Å²) < 4.78 is 14.1. The first kappa shape index (κ1) is 19.8. The number of nitrogens with one attached hydrogen (secondary N) is 1. The molecule has 0 heterocycles. The fourth-order valence-electron chi connectivity index (χ4n) is 3.30. The van der Waals surface area contributed by atoms with E-state index >= 15 is 0 Å². The van der Waals surface area contributed by atoms with Gasteiger partial charge < -0.3 is 5.32 Å². The van der Waals surface area contributed by atoms with E-state index in [0.717, 1.165) is 22.4 Å². The molecule has 1 N–H and O–H groups in total. The largest absolute Gasteiger partial charge is 0.324 e. The van der Waals surface area contributed by atoms with Crippen LogP contribution in [0, 0.1) is 19.7 Å². The van der Waals surface area contributed by atoms with Crippen LogP contribution in [0.4, 0.5) is 10.1 Å². The molecule has 4 heteroatoms. The van der Waals surface area contributed by atoms with Crippen LogP contribution in [0.3, 0.4) is 0 Å². The second-order valence-corrected chi connectivity index (χ2v) is 7.13. The predicted octanol–water partition coefficient (Wildman–Crippen LogP) is 5.25. The van der Waals surface area contributed by atoms with Crippen molar-refractivity contribution in [3.63, 3.8) is 0 Å². The number of benzene rings is 3. The number of hydrogen-bond donors (Lipinski definition) is 1. The molecule has 0 fully saturated rings. The first-order valence-corrected chi connectivity index (χ1v) is 9.32. The predicted molar refractivity (Wildman–Crippen MR) is 112 cm³/mol. The molecule has 28 heavy (non-hydrogen) atoms. The molecule has 0 aliphatic rings. The summed E-state index contributed by atoms with van der Waals surface area (Å²) in [4.78, 5) is 15.1. The summed E-state index contributed by atoms with van der Waals surface area (Å²) in [5.74, 6) is -0.408. The summed E-state index contributed by atoms with van der Waals surface area (Å²) in [6.07, 6.45) is 0. The molecule has 0 saturated heterocycles. The number of hydrogen-bond acceptors (Lipinski definition) is 2. The van der Waals surface area contributed by atoms with Crippen molar-refractivity contribution in [2.45, 2.75) is 26.4 Å². The molecule has 1 amide bonds. The molecule has 0 radical (unpaired) electrons. The minimum Gasteiger partial charge on any atom is -0.324 e. The third-order valence-electron chi connectivity index (χ3n) is 4.83. The fraction of sp³-hybridized carbons (Fsp3) is 0.208. The van der Waals surface area contributed by atoms with E-state index in [1.54, 1.807) is 18.2 Å². The molecule has 1 atom stereocenters. The fourth-order valence-corrected chi connectivity index (χ4v) is 3.30. The smallest absolute Gasteiger partial charge is 0.246 e. The first-order chi connectivity index (χ1) is 13.5. The highest BCUT2D eigenvalue weighted by atomic mass is 19.1. The van der Waals surface area contributed by atoms with Crippen LogP contribution in [0.15, 0.2) is 72.8 Å². The van der Waals surface area contributed by atoms with Gasteiger partial charge in [-0.15, -0.1) is 0 Å².